The van der Waals surface area contributed by atoms with Gasteiger partial charge in [-0.3, -0.25) is 4.79 Å². The van der Waals surface area contributed by atoms with Crippen LogP contribution in [0.3, 0.4) is 0 Å². The largest absolute Gasteiger partial charge is 0.336 e. The number of carbonyl (C=O) groups is 1. The summed E-state index contributed by atoms with van der Waals surface area (Å²) in [5.74, 6) is 2.15. The molecule has 0 saturated carbocycles. The van der Waals surface area contributed by atoms with Crippen LogP contribution in [-0.4, -0.2) is 70.7 Å². The highest BCUT2D eigenvalue weighted by atomic mass is 32.2. The lowest BCUT2D eigenvalue weighted by Crippen LogP contribution is -2.37. The van der Waals surface area contributed by atoms with Crippen molar-refractivity contribution >= 4 is 27.3 Å². The summed E-state index contributed by atoms with van der Waals surface area (Å²) in [6.45, 7) is 4.97. The maximum absolute atomic E-state index is 12.9. The van der Waals surface area contributed by atoms with Crippen molar-refractivity contribution in [1.29, 1.82) is 0 Å². The molecule has 4 heterocycles. The van der Waals surface area contributed by atoms with Gasteiger partial charge in [0.05, 0.1) is 11.1 Å². The minimum atomic E-state index is -3.14. The lowest BCUT2D eigenvalue weighted by molar-refractivity contribution is 0.0762. The fraction of sp³-hybridized carbons (Fsp3) is 0.611. The first-order chi connectivity index (χ1) is 13.3. The van der Waals surface area contributed by atoms with Gasteiger partial charge in [-0.05, 0) is 36.8 Å². The van der Waals surface area contributed by atoms with Gasteiger partial charge >= 0.3 is 0 Å². The van der Waals surface area contributed by atoms with Crippen molar-refractivity contribution in [1.82, 2.24) is 24.0 Å². The third-order valence-electron chi connectivity index (χ3n) is 5.69. The van der Waals surface area contributed by atoms with Gasteiger partial charge < -0.3 is 9.47 Å². The Labute approximate surface area is 169 Å². The molecule has 0 aliphatic carbocycles. The summed E-state index contributed by atoms with van der Waals surface area (Å²) in [7, 11) is -3.14. The molecule has 1 saturated heterocycles. The van der Waals surface area contributed by atoms with Crippen LogP contribution in [0.1, 0.15) is 45.6 Å². The first kappa shape index (κ1) is 19.5. The molecule has 0 aromatic carbocycles. The van der Waals surface area contributed by atoms with E-state index < -0.39 is 10.0 Å². The number of aromatic nitrogens is 3. The van der Waals surface area contributed by atoms with Crippen LogP contribution >= 0.6 is 11.3 Å². The van der Waals surface area contributed by atoms with E-state index in [9.17, 15) is 13.2 Å². The third kappa shape index (κ3) is 3.72. The van der Waals surface area contributed by atoms with Gasteiger partial charge in [0.1, 0.15) is 11.6 Å². The van der Waals surface area contributed by atoms with E-state index in [0.29, 0.717) is 39.1 Å². The molecule has 0 radical (unpaired) electrons. The second kappa shape index (κ2) is 7.57. The van der Waals surface area contributed by atoms with Gasteiger partial charge in [0, 0.05) is 45.1 Å². The Morgan fingerprint density at radius 3 is 2.54 bits per heavy atom. The van der Waals surface area contributed by atoms with Crippen LogP contribution in [0.2, 0.25) is 0 Å². The van der Waals surface area contributed by atoms with E-state index in [1.807, 2.05) is 23.3 Å². The molecule has 2 aromatic heterocycles. The number of aryl methyl sites for hydroxylation is 1. The molecule has 0 atom stereocenters. The number of hydrogen-bond donors (Lipinski definition) is 0. The monoisotopic (exact) mass is 423 g/mol. The van der Waals surface area contributed by atoms with Gasteiger partial charge in [0.25, 0.3) is 5.91 Å². The summed E-state index contributed by atoms with van der Waals surface area (Å²) in [5, 5.41) is 10.8. The molecule has 0 spiro atoms. The first-order valence-electron chi connectivity index (χ1n) is 9.55. The Morgan fingerprint density at radius 2 is 1.89 bits per heavy atom. The summed E-state index contributed by atoms with van der Waals surface area (Å²) in [5.41, 5.74) is 1.02. The third-order valence-corrected chi connectivity index (χ3v) is 7.99. The topological polar surface area (TPSA) is 88.4 Å². The second-order valence-corrected chi connectivity index (χ2v) is 10.4. The molecular weight excluding hydrogens is 398 g/mol. The number of hydrogen-bond acceptors (Lipinski definition) is 6. The fourth-order valence-electron chi connectivity index (χ4n) is 4.03. The summed E-state index contributed by atoms with van der Waals surface area (Å²) in [6, 6.07) is 1.98. The predicted octanol–water partition coefficient (Wildman–Crippen LogP) is 1.49. The fourth-order valence-corrected chi connectivity index (χ4v) is 5.80. The van der Waals surface area contributed by atoms with E-state index >= 15 is 0 Å². The summed E-state index contributed by atoms with van der Waals surface area (Å²) in [4.78, 5) is 15.6. The summed E-state index contributed by atoms with van der Waals surface area (Å²) >= 11 is 1.49. The van der Waals surface area contributed by atoms with Gasteiger partial charge in [-0.1, -0.05) is 0 Å². The molecule has 0 N–H and O–H groups in total. The molecule has 2 aliphatic heterocycles. The van der Waals surface area contributed by atoms with Crippen molar-refractivity contribution < 1.29 is 13.2 Å². The zero-order valence-corrected chi connectivity index (χ0v) is 17.8. The van der Waals surface area contributed by atoms with Gasteiger partial charge in [-0.2, -0.15) is 0 Å². The van der Waals surface area contributed by atoms with Crippen molar-refractivity contribution in [2.24, 2.45) is 0 Å². The summed E-state index contributed by atoms with van der Waals surface area (Å²) < 4.78 is 27.2. The zero-order chi connectivity index (χ0) is 19.9. The highest BCUT2D eigenvalue weighted by Gasteiger charge is 2.31. The number of rotatable bonds is 3. The highest BCUT2D eigenvalue weighted by molar-refractivity contribution is 7.88. The highest BCUT2D eigenvalue weighted by Crippen LogP contribution is 2.29. The van der Waals surface area contributed by atoms with Crippen LogP contribution in [0.4, 0.5) is 0 Å². The Balaban J connectivity index is 1.46. The van der Waals surface area contributed by atoms with E-state index in [-0.39, 0.29) is 11.8 Å². The lowest BCUT2D eigenvalue weighted by Gasteiger charge is -2.30. The molecule has 0 unspecified atom stereocenters. The molecule has 28 heavy (non-hydrogen) atoms. The molecule has 152 valence electrons. The minimum absolute atomic E-state index is 0.0919. The molecule has 2 aliphatic rings. The second-order valence-electron chi connectivity index (χ2n) is 7.54. The molecule has 4 rings (SSSR count). The Hall–Kier alpha value is -1.78. The van der Waals surface area contributed by atoms with Crippen LogP contribution in [-0.2, 0) is 23.0 Å². The van der Waals surface area contributed by atoms with Crippen molar-refractivity contribution in [3.63, 3.8) is 0 Å². The van der Waals surface area contributed by atoms with Crippen LogP contribution in [0.15, 0.2) is 11.4 Å². The maximum Gasteiger partial charge on any atom is 0.264 e. The van der Waals surface area contributed by atoms with Crippen molar-refractivity contribution in [3.8, 4) is 0 Å². The normalized spacial score (nSPS) is 19.4. The van der Waals surface area contributed by atoms with Gasteiger partial charge in [-0.25, -0.2) is 12.7 Å². The average molecular weight is 424 g/mol. The molecule has 8 nitrogen and oxygen atoms in total. The van der Waals surface area contributed by atoms with Crippen molar-refractivity contribution in [3.05, 3.63) is 33.5 Å². The van der Waals surface area contributed by atoms with Gasteiger partial charge in [0.2, 0.25) is 10.0 Å². The first-order valence-corrected chi connectivity index (χ1v) is 12.3. The maximum atomic E-state index is 12.9. The van der Waals surface area contributed by atoms with E-state index in [4.69, 9.17) is 0 Å². The number of amides is 1. The molecule has 0 bridgehead atoms. The minimum Gasteiger partial charge on any atom is -0.336 e. The average Bonchev–Trinajstić information content (AvgIpc) is 3.21. The van der Waals surface area contributed by atoms with Gasteiger partial charge in [-0.15, -0.1) is 21.5 Å². The molecule has 1 amide bonds. The van der Waals surface area contributed by atoms with Crippen LogP contribution < -0.4 is 0 Å². The zero-order valence-electron chi connectivity index (χ0n) is 16.2. The van der Waals surface area contributed by atoms with E-state index in [2.05, 4.69) is 14.8 Å². The molecule has 1 fully saturated rings. The Morgan fingerprint density at radius 1 is 1.14 bits per heavy atom. The number of piperidine rings is 1. The lowest BCUT2D eigenvalue weighted by atomic mass is 9.97. The molecule has 10 heteroatoms. The van der Waals surface area contributed by atoms with Crippen LogP contribution in [0, 0.1) is 6.92 Å². The Bertz CT molecular complexity index is 973. The number of nitrogens with zero attached hydrogens (tertiary/aromatic N) is 5. The van der Waals surface area contributed by atoms with E-state index in [1.54, 1.807) is 0 Å². The van der Waals surface area contributed by atoms with E-state index in [1.165, 1.54) is 21.9 Å². The van der Waals surface area contributed by atoms with Crippen LogP contribution in [0.5, 0.6) is 0 Å². The quantitative estimate of drug-likeness (QED) is 0.746. The van der Waals surface area contributed by atoms with Crippen molar-refractivity contribution in [2.75, 3.05) is 32.4 Å². The number of fused-ring (bicyclic) bond motifs is 1. The summed E-state index contributed by atoms with van der Waals surface area (Å²) in [6.07, 6.45) is 3.45. The Kier molecular flexibility index (Phi) is 5.28. The van der Waals surface area contributed by atoms with Crippen molar-refractivity contribution in [2.45, 2.75) is 38.6 Å². The van der Waals surface area contributed by atoms with E-state index in [0.717, 1.165) is 34.9 Å². The standard InChI is InChI=1S/C18H25N5O3S2/c1-13-6-12-27-16(13)18(24)21-7-5-15-19-20-17(23(15)11-10-21)14-3-8-22(9-4-14)28(2,25)26/h6,12,14H,3-5,7-11H2,1-2H3. The number of carbonyl (C=O) groups excluding carboxylic acids is 1. The molecular formula is C18H25N5O3S2. The smallest absolute Gasteiger partial charge is 0.264 e. The molecule has 2 aromatic rings. The predicted molar refractivity (Wildman–Crippen MR) is 107 cm³/mol. The van der Waals surface area contributed by atoms with Crippen LogP contribution in [0.25, 0.3) is 0 Å². The van der Waals surface area contributed by atoms with Gasteiger partial charge in [0.15, 0.2) is 0 Å². The number of sulfonamides is 1. The number of thiophene rings is 1. The SMILES string of the molecule is Cc1ccsc1C(=O)N1CCc2nnc(C3CCN(S(C)(=O)=O)CC3)n2CC1.